The Morgan fingerprint density at radius 1 is 1.11 bits per heavy atom. The predicted octanol–water partition coefficient (Wildman–Crippen LogP) is 3.46. The van der Waals surface area contributed by atoms with E-state index in [1.807, 2.05) is 30.3 Å². The number of isocyanates is 1. The van der Waals surface area contributed by atoms with Crippen LogP contribution in [0.1, 0.15) is 0 Å². The Kier molecular flexibility index (Phi) is 2.48. The second-order valence-electron chi connectivity index (χ2n) is 3.74. The monoisotopic (exact) mass is 236 g/mol. The maximum absolute atomic E-state index is 10.2. The van der Waals surface area contributed by atoms with E-state index in [0.717, 1.165) is 16.7 Å². The highest BCUT2D eigenvalue weighted by molar-refractivity contribution is 5.76. The fourth-order valence-electron chi connectivity index (χ4n) is 1.76. The van der Waals surface area contributed by atoms with E-state index in [4.69, 9.17) is 4.42 Å². The molecule has 0 radical (unpaired) electrons. The number of benzene rings is 2. The third-order valence-corrected chi connectivity index (χ3v) is 2.56. The predicted molar refractivity (Wildman–Crippen MR) is 67.2 cm³/mol. The molecule has 4 nitrogen and oxygen atoms in total. The summed E-state index contributed by atoms with van der Waals surface area (Å²) in [5.74, 6) is 0.513. The molecule has 86 valence electrons. The van der Waals surface area contributed by atoms with Crippen LogP contribution in [0.5, 0.6) is 0 Å². The summed E-state index contributed by atoms with van der Waals surface area (Å²) in [6.45, 7) is 0. The number of hydrogen-bond donors (Lipinski definition) is 0. The van der Waals surface area contributed by atoms with Gasteiger partial charge in [0.25, 0.3) is 0 Å². The molecule has 0 spiro atoms. The minimum absolute atomic E-state index is 0.513. The molecule has 0 saturated heterocycles. The van der Waals surface area contributed by atoms with Crippen LogP contribution >= 0.6 is 0 Å². The van der Waals surface area contributed by atoms with Gasteiger partial charge in [-0.3, -0.25) is 0 Å². The molecule has 0 N–H and O–H groups in total. The number of fused-ring (bicyclic) bond motifs is 1. The molecule has 2 aromatic carbocycles. The van der Waals surface area contributed by atoms with Gasteiger partial charge in [-0.05, 0) is 30.3 Å². The highest BCUT2D eigenvalue weighted by Gasteiger charge is 2.07. The fourth-order valence-corrected chi connectivity index (χ4v) is 1.76. The molecule has 0 fully saturated rings. The Labute approximate surface area is 103 Å². The standard InChI is InChI=1S/C14H8N2O2/c17-9-15-11-5-3-4-10(8-11)14-16-12-6-1-2-7-13(12)18-14/h1-8H. The van der Waals surface area contributed by atoms with Gasteiger partial charge in [0.15, 0.2) is 5.58 Å². The summed E-state index contributed by atoms with van der Waals surface area (Å²) < 4.78 is 5.64. The molecule has 3 rings (SSSR count). The number of rotatable bonds is 2. The number of carbonyl (C=O) groups excluding carboxylic acids is 1. The van der Waals surface area contributed by atoms with Gasteiger partial charge in [-0.1, -0.05) is 18.2 Å². The van der Waals surface area contributed by atoms with Crippen LogP contribution < -0.4 is 0 Å². The number of para-hydroxylation sites is 2. The van der Waals surface area contributed by atoms with Gasteiger partial charge in [0, 0.05) is 5.56 Å². The average molecular weight is 236 g/mol. The lowest BCUT2D eigenvalue weighted by atomic mass is 10.2. The number of aliphatic imine (C=N–C) groups is 1. The summed E-state index contributed by atoms with van der Waals surface area (Å²) in [6.07, 6.45) is 1.51. The van der Waals surface area contributed by atoms with Crippen LogP contribution in [-0.2, 0) is 4.79 Å². The smallest absolute Gasteiger partial charge is 0.240 e. The van der Waals surface area contributed by atoms with Crippen molar-refractivity contribution in [2.45, 2.75) is 0 Å². The van der Waals surface area contributed by atoms with Gasteiger partial charge in [0.2, 0.25) is 12.0 Å². The van der Waals surface area contributed by atoms with Crippen LogP contribution in [0.3, 0.4) is 0 Å². The first kappa shape index (κ1) is 10.4. The molecule has 0 bridgehead atoms. The van der Waals surface area contributed by atoms with Crippen LogP contribution in [0, 0.1) is 0 Å². The number of nitrogens with zero attached hydrogens (tertiary/aromatic N) is 2. The molecule has 4 heteroatoms. The molecule has 0 aliphatic rings. The zero-order chi connectivity index (χ0) is 12.4. The van der Waals surface area contributed by atoms with Crippen molar-refractivity contribution < 1.29 is 9.21 Å². The Morgan fingerprint density at radius 2 is 2.00 bits per heavy atom. The first-order chi connectivity index (χ1) is 8.86. The highest BCUT2D eigenvalue weighted by atomic mass is 16.3. The molecular formula is C14H8N2O2. The third-order valence-electron chi connectivity index (χ3n) is 2.56. The quantitative estimate of drug-likeness (QED) is 0.505. The van der Waals surface area contributed by atoms with E-state index < -0.39 is 0 Å². The Morgan fingerprint density at radius 3 is 2.83 bits per heavy atom. The lowest BCUT2D eigenvalue weighted by molar-refractivity contribution is 0.565. The SMILES string of the molecule is O=C=Nc1cccc(-c2nc3ccccc3o2)c1. The van der Waals surface area contributed by atoms with Crippen LogP contribution in [0.4, 0.5) is 5.69 Å². The van der Waals surface area contributed by atoms with Gasteiger partial charge in [-0.25, -0.2) is 9.78 Å². The van der Waals surface area contributed by atoms with E-state index in [2.05, 4.69) is 9.98 Å². The van der Waals surface area contributed by atoms with E-state index >= 15 is 0 Å². The lowest BCUT2D eigenvalue weighted by Crippen LogP contribution is -1.76. The number of hydrogen-bond acceptors (Lipinski definition) is 4. The topological polar surface area (TPSA) is 55.5 Å². The zero-order valence-electron chi connectivity index (χ0n) is 9.33. The maximum Gasteiger partial charge on any atom is 0.240 e. The van der Waals surface area contributed by atoms with Crippen molar-refractivity contribution in [1.82, 2.24) is 4.98 Å². The van der Waals surface area contributed by atoms with Crippen LogP contribution in [0.25, 0.3) is 22.6 Å². The van der Waals surface area contributed by atoms with Gasteiger partial charge in [-0.2, -0.15) is 4.99 Å². The molecule has 0 aliphatic heterocycles. The van der Waals surface area contributed by atoms with Gasteiger partial charge in [-0.15, -0.1) is 0 Å². The van der Waals surface area contributed by atoms with Gasteiger partial charge in [0.1, 0.15) is 5.52 Å². The average Bonchev–Trinajstić information content (AvgIpc) is 2.83. The summed E-state index contributed by atoms with van der Waals surface area (Å²) in [5, 5.41) is 0. The van der Waals surface area contributed by atoms with Crippen LogP contribution in [0.2, 0.25) is 0 Å². The van der Waals surface area contributed by atoms with Gasteiger partial charge >= 0.3 is 0 Å². The molecule has 3 aromatic rings. The van der Waals surface area contributed by atoms with Gasteiger partial charge in [0.05, 0.1) is 5.69 Å². The van der Waals surface area contributed by atoms with Crippen molar-refractivity contribution in [2.75, 3.05) is 0 Å². The molecule has 0 atom stereocenters. The molecule has 1 heterocycles. The summed E-state index contributed by atoms with van der Waals surface area (Å²) in [5.41, 5.74) is 2.85. The lowest BCUT2D eigenvalue weighted by Gasteiger charge is -1.95. The highest BCUT2D eigenvalue weighted by Crippen LogP contribution is 2.26. The first-order valence-corrected chi connectivity index (χ1v) is 5.41. The second-order valence-corrected chi connectivity index (χ2v) is 3.74. The van der Waals surface area contributed by atoms with E-state index in [1.165, 1.54) is 6.08 Å². The normalized spacial score (nSPS) is 10.2. The first-order valence-electron chi connectivity index (χ1n) is 5.41. The van der Waals surface area contributed by atoms with Crippen molar-refractivity contribution in [3.63, 3.8) is 0 Å². The summed E-state index contributed by atoms with van der Waals surface area (Å²) in [4.78, 5) is 18.2. The summed E-state index contributed by atoms with van der Waals surface area (Å²) in [7, 11) is 0. The number of aromatic nitrogens is 1. The maximum atomic E-state index is 10.2. The zero-order valence-corrected chi connectivity index (χ0v) is 9.33. The van der Waals surface area contributed by atoms with Gasteiger partial charge < -0.3 is 4.42 Å². The van der Waals surface area contributed by atoms with E-state index in [9.17, 15) is 4.79 Å². The Hall–Kier alpha value is -2.71. The van der Waals surface area contributed by atoms with Crippen molar-refractivity contribution in [1.29, 1.82) is 0 Å². The molecule has 0 amide bonds. The summed E-state index contributed by atoms with van der Waals surface area (Å²) in [6, 6.07) is 14.6. The molecule has 1 aromatic heterocycles. The molecule has 18 heavy (non-hydrogen) atoms. The van der Waals surface area contributed by atoms with E-state index in [-0.39, 0.29) is 0 Å². The van der Waals surface area contributed by atoms with E-state index in [1.54, 1.807) is 18.2 Å². The van der Waals surface area contributed by atoms with Crippen LogP contribution in [-0.4, -0.2) is 11.1 Å². The second kappa shape index (κ2) is 4.28. The van der Waals surface area contributed by atoms with Crippen molar-refractivity contribution in [3.05, 3.63) is 48.5 Å². The van der Waals surface area contributed by atoms with Crippen molar-refractivity contribution in [3.8, 4) is 11.5 Å². The summed E-state index contributed by atoms with van der Waals surface area (Å²) >= 11 is 0. The fraction of sp³-hybridized carbons (Fsp3) is 0. The third kappa shape index (κ3) is 1.81. The molecule has 0 unspecified atom stereocenters. The van der Waals surface area contributed by atoms with Crippen LogP contribution in [0.15, 0.2) is 57.9 Å². The minimum atomic E-state index is 0.513. The molecule has 0 aliphatic carbocycles. The number of oxazole rings is 1. The largest absolute Gasteiger partial charge is 0.436 e. The Balaban J connectivity index is 2.13. The van der Waals surface area contributed by atoms with Crippen molar-refractivity contribution >= 4 is 22.9 Å². The van der Waals surface area contributed by atoms with E-state index in [0.29, 0.717) is 11.6 Å². The molecular weight excluding hydrogens is 228 g/mol. The molecule has 0 saturated carbocycles. The van der Waals surface area contributed by atoms with Crippen molar-refractivity contribution in [2.24, 2.45) is 4.99 Å². The Bertz CT molecular complexity index is 722. The minimum Gasteiger partial charge on any atom is -0.436 e.